The van der Waals surface area contributed by atoms with Gasteiger partial charge < -0.3 is 10.1 Å². The SMILES string of the molecule is CCNCC(C)(C)CCCOC. The van der Waals surface area contributed by atoms with Gasteiger partial charge in [0.25, 0.3) is 0 Å². The van der Waals surface area contributed by atoms with E-state index in [9.17, 15) is 0 Å². The zero-order chi connectivity index (χ0) is 9.45. The van der Waals surface area contributed by atoms with Crippen LogP contribution in [0.5, 0.6) is 0 Å². The number of rotatable bonds is 7. The molecule has 1 N–H and O–H groups in total. The summed E-state index contributed by atoms with van der Waals surface area (Å²) in [5, 5.41) is 3.37. The largest absolute Gasteiger partial charge is 0.385 e. The first-order chi connectivity index (χ1) is 5.62. The zero-order valence-corrected chi connectivity index (χ0v) is 8.94. The molecule has 0 spiro atoms. The predicted molar refractivity (Wildman–Crippen MR) is 53.4 cm³/mol. The second-order valence-electron chi connectivity index (χ2n) is 4.04. The Hall–Kier alpha value is -0.0800. The van der Waals surface area contributed by atoms with Crippen molar-refractivity contribution < 1.29 is 4.74 Å². The molecule has 0 radical (unpaired) electrons. The van der Waals surface area contributed by atoms with Gasteiger partial charge in [0.15, 0.2) is 0 Å². The van der Waals surface area contributed by atoms with Crippen LogP contribution in [-0.4, -0.2) is 26.8 Å². The number of methoxy groups -OCH3 is 1. The molecule has 2 heteroatoms. The third kappa shape index (κ3) is 6.62. The summed E-state index contributed by atoms with van der Waals surface area (Å²) in [5.41, 5.74) is 0.411. The van der Waals surface area contributed by atoms with Crippen LogP contribution in [-0.2, 0) is 4.74 Å². The van der Waals surface area contributed by atoms with E-state index in [2.05, 4.69) is 26.1 Å². The van der Waals surface area contributed by atoms with Crippen molar-refractivity contribution in [3.05, 3.63) is 0 Å². The van der Waals surface area contributed by atoms with Crippen molar-refractivity contribution in [1.82, 2.24) is 5.32 Å². The topological polar surface area (TPSA) is 21.3 Å². The molecule has 12 heavy (non-hydrogen) atoms. The van der Waals surface area contributed by atoms with Crippen LogP contribution >= 0.6 is 0 Å². The first kappa shape index (κ1) is 11.9. The molecule has 0 aliphatic rings. The second-order valence-corrected chi connectivity index (χ2v) is 4.04. The van der Waals surface area contributed by atoms with Crippen LogP contribution < -0.4 is 5.32 Å². The molecule has 0 saturated carbocycles. The fourth-order valence-electron chi connectivity index (χ4n) is 1.25. The number of ether oxygens (including phenoxy) is 1. The summed E-state index contributed by atoms with van der Waals surface area (Å²) < 4.78 is 5.02. The number of hydrogen-bond donors (Lipinski definition) is 1. The fourth-order valence-corrected chi connectivity index (χ4v) is 1.25. The van der Waals surface area contributed by atoms with Gasteiger partial charge in [-0.3, -0.25) is 0 Å². The van der Waals surface area contributed by atoms with Crippen molar-refractivity contribution in [1.29, 1.82) is 0 Å². The summed E-state index contributed by atoms with van der Waals surface area (Å²) in [5.74, 6) is 0. The molecule has 0 atom stereocenters. The summed E-state index contributed by atoms with van der Waals surface area (Å²) in [6.45, 7) is 9.79. The Morgan fingerprint density at radius 1 is 1.33 bits per heavy atom. The van der Waals surface area contributed by atoms with Crippen LogP contribution in [0.1, 0.15) is 33.6 Å². The van der Waals surface area contributed by atoms with Gasteiger partial charge in [0, 0.05) is 20.3 Å². The van der Waals surface area contributed by atoms with E-state index in [4.69, 9.17) is 4.74 Å². The molecule has 0 aliphatic carbocycles. The van der Waals surface area contributed by atoms with Crippen LogP contribution in [0.2, 0.25) is 0 Å². The van der Waals surface area contributed by atoms with Crippen LogP contribution in [0.3, 0.4) is 0 Å². The maximum Gasteiger partial charge on any atom is 0.0462 e. The highest BCUT2D eigenvalue weighted by Gasteiger charge is 2.15. The summed E-state index contributed by atoms with van der Waals surface area (Å²) in [4.78, 5) is 0. The molecule has 0 rings (SSSR count). The van der Waals surface area contributed by atoms with E-state index in [0.29, 0.717) is 5.41 Å². The Labute approximate surface area is 76.7 Å². The Bertz CT molecular complexity index is 102. The number of nitrogens with one attached hydrogen (secondary N) is 1. The maximum atomic E-state index is 5.02. The molecule has 0 saturated heterocycles. The highest BCUT2D eigenvalue weighted by Crippen LogP contribution is 2.20. The van der Waals surface area contributed by atoms with E-state index < -0.39 is 0 Å². The third-order valence-corrected chi connectivity index (χ3v) is 2.06. The smallest absolute Gasteiger partial charge is 0.0462 e. The Kier molecular flexibility index (Phi) is 6.39. The monoisotopic (exact) mass is 173 g/mol. The van der Waals surface area contributed by atoms with E-state index in [1.54, 1.807) is 7.11 Å². The average Bonchev–Trinajstić information content (AvgIpc) is 2.01. The molecule has 0 aromatic rings. The summed E-state index contributed by atoms with van der Waals surface area (Å²) in [6, 6.07) is 0. The van der Waals surface area contributed by atoms with Crippen molar-refractivity contribution >= 4 is 0 Å². The minimum Gasteiger partial charge on any atom is -0.385 e. The van der Waals surface area contributed by atoms with Crippen LogP contribution in [0.15, 0.2) is 0 Å². The highest BCUT2D eigenvalue weighted by atomic mass is 16.5. The van der Waals surface area contributed by atoms with Gasteiger partial charge >= 0.3 is 0 Å². The van der Waals surface area contributed by atoms with Crippen LogP contribution in [0, 0.1) is 5.41 Å². The molecule has 74 valence electrons. The molecular formula is C10H23NO. The molecule has 0 aromatic carbocycles. The summed E-state index contributed by atoms with van der Waals surface area (Å²) in [7, 11) is 1.76. The molecule has 0 fully saturated rings. The van der Waals surface area contributed by atoms with Gasteiger partial charge in [0.05, 0.1) is 0 Å². The molecule has 0 amide bonds. The first-order valence-corrected chi connectivity index (χ1v) is 4.82. The molecule has 0 bridgehead atoms. The third-order valence-electron chi connectivity index (χ3n) is 2.06. The standard InChI is InChI=1S/C10H23NO/c1-5-11-9-10(2,3)7-6-8-12-4/h11H,5-9H2,1-4H3. The lowest BCUT2D eigenvalue weighted by Crippen LogP contribution is -2.29. The lowest BCUT2D eigenvalue weighted by molar-refractivity contribution is 0.174. The molecular weight excluding hydrogens is 150 g/mol. The lowest BCUT2D eigenvalue weighted by Gasteiger charge is -2.24. The van der Waals surface area contributed by atoms with E-state index >= 15 is 0 Å². The van der Waals surface area contributed by atoms with Crippen molar-refractivity contribution in [2.45, 2.75) is 33.6 Å². The normalized spacial score (nSPS) is 12.0. The molecule has 0 heterocycles. The minimum atomic E-state index is 0.411. The molecule has 0 unspecified atom stereocenters. The lowest BCUT2D eigenvalue weighted by atomic mass is 9.88. The maximum absolute atomic E-state index is 5.02. The van der Waals surface area contributed by atoms with Gasteiger partial charge in [-0.15, -0.1) is 0 Å². The summed E-state index contributed by atoms with van der Waals surface area (Å²) >= 11 is 0. The van der Waals surface area contributed by atoms with E-state index in [1.807, 2.05) is 0 Å². The first-order valence-electron chi connectivity index (χ1n) is 4.82. The zero-order valence-electron chi connectivity index (χ0n) is 8.94. The Morgan fingerprint density at radius 3 is 2.50 bits per heavy atom. The van der Waals surface area contributed by atoms with Crippen LogP contribution in [0.4, 0.5) is 0 Å². The Morgan fingerprint density at radius 2 is 2.00 bits per heavy atom. The van der Waals surface area contributed by atoms with E-state index in [1.165, 1.54) is 6.42 Å². The fraction of sp³-hybridized carbons (Fsp3) is 1.00. The van der Waals surface area contributed by atoms with Gasteiger partial charge in [0.1, 0.15) is 0 Å². The average molecular weight is 173 g/mol. The van der Waals surface area contributed by atoms with Gasteiger partial charge in [0.2, 0.25) is 0 Å². The predicted octanol–water partition coefficient (Wildman–Crippen LogP) is 2.05. The molecule has 0 aliphatic heterocycles. The van der Waals surface area contributed by atoms with E-state index in [0.717, 1.165) is 26.1 Å². The van der Waals surface area contributed by atoms with Crippen LogP contribution in [0.25, 0.3) is 0 Å². The van der Waals surface area contributed by atoms with Gasteiger partial charge in [-0.1, -0.05) is 20.8 Å². The highest BCUT2D eigenvalue weighted by molar-refractivity contribution is 4.70. The second kappa shape index (κ2) is 6.44. The Balaban J connectivity index is 3.42. The van der Waals surface area contributed by atoms with Gasteiger partial charge in [-0.05, 0) is 24.8 Å². The van der Waals surface area contributed by atoms with E-state index in [-0.39, 0.29) is 0 Å². The van der Waals surface area contributed by atoms with Crippen molar-refractivity contribution in [3.8, 4) is 0 Å². The molecule has 2 nitrogen and oxygen atoms in total. The van der Waals surface area contributed by atoms with Crippen molar-refractivity contribution in [3.63, 3.8) is 0 Å². The van der Waals surface area contributed by atoms with Gasteiger partial charge in [-0.2, -0.15) is 0 Å². The minimum absolute atomic E-state index is 0.411. The number of hydrogen-bond acceptors (Lipinski definition) is 2. The molecule has 0 aromatic heterocycles. The van der Waals surface area contributed by atoms with Crippen molar-refractivity contribution in [2.75, 3.05) is 26.8 Å². The quantitative estimate of drug-likeness (QED) is 0.595. The summed E-state index contributed by atoms with van der Waals surface area (Å²) in [6.07, 6.45) is 2.39. The van der Waals surface area contributed by atoms with Gasteiger partial charge in [-0.25, -0.2) is 0 Å². The van der Waals surface area contributed by atoms with Crippen molar-refractivity contribution in [2.24, 2.45) is 5.41 Å².